The number of benzene rings is 3. The van der Waals surface area contributed by atoms with E-state index >= 15 is 0 Å². The number of piperidine rings is 1. The first-order valence-electron chi connectivity index (χ1n) is 19.5. The van der Waals surface area contributed by atoms with Crippen LogP contribution < -0.4 is 0 Å². The van der Waals surface area contributed by atoms with E-state index in [0.29, 0.717) is 76.1 Å². The molecule has 6 rings (SSSR count). The molecule has 2 saturated heterocycles. The Kier molecular flexibility index (Phi) is 13.8. The van der Waals surface area contributed by atoms with Crippen molar-refractivity contribution in [2.45, 2.75) is 74.9 Å². The Balaban J connectivity index is 1.20. The number of nitrogens with zero attached hydrogens (tertiary/aromatic N) is 3. The van der Waals surface area contributed by atoms with E-state index in [2.05, 4.69) is 17.0 Å². The Morgan fingerprint density at radius 2 is 1.62 bits per heavy atom. The molecular weight excluding hydrogens is 811 g/mol. The third kappa shape index (κ3) is 9.63. The van der Waals surface area contributed by atoms with Gasteiger partial charge < -0.3 is 29.3 Å². The molecule has 2 aliphatic heterocycles. The lowest BCUT2D eigenvalue weighted by atomic mass is 9.72. The van der Waals surface area contributed by atoms with E-state index in [-0.39, 0.29) is 66.4 Å². The highest BCUT2D eigenvalue weighted by Crippen LogP contribution is 2.48. The Hall–Kier alpha value is -3.40. The first kappa shape index (κ1) is 44.2. The molecule has 2 heterocycles. The van der Waals surface area contributed by atoms with Crippen LogP contribution in [-0.4, -0.2) is 103 Å². The van der Waals surface area contributed by atoms with E-state index in [1.165, 1.54) is 16.0 Å². The minimum atomic E-state index is -5.11. The number of halogens is 8. The van der Waals surface area contributed by atoms with Gasteiger partial charge in [-0.3, -0.25) is 9.59 Å². The lowest BCUT2D eigenvalue weighted by Gasteiger charge is -2.46. The molecule has 58 heavy (non-hydrogen) atoms. The number of carbonyl (C=O) groups excluding carboxylic acids is 2. The summed E-state index contributed by atoms with van der Waals surface area (Å²) in [4.78, 5) is 32.3. The fraction of sp³-hybridized carbons (Fsp3) is 0.524. The Morgan fingerprint density at radius 1 is 0.931 bits per heavy atom. The second kappa shape index (κ2) is 18.1. The van der Waals surface area contributed by atoms with Gasteiger partial charge in [0.2, 0.25) is 5.91 Å². The van der Waals surface area contributed by atoms with Crippen molar-refractivity contribution in [2.24, 2.45) is 0 Å². The molecule has 0 unspecified atom stereocenters. The van der Waals surface area contributed by atoms with Crippen LogP contribution in [0.25, 0.3) is 0 Å². The van der Waals surface area contributed by atoms with E-state index in [1.807, 2.05) is 19.1 Å². The number of morpholine rings is 1. The van der Waals surface area contributed by atoms with Crippen LogP contribution in [0.5, 0.6) is 0 Å². The van der Waals surface area contributed by atoms with E-state index in [9.17, 15) is 41.0 Å². The third-order valence-corrected chi connectivity index (χ3v) is 12.6. The maximum absolute atomic E-state index is 13.8. The largest absolute Gasteiger partial charge is 0.416 e. The van der Waals surface area contributed by atoms with E-state index in [0.717, 1.165) is 12.8 Å². The number of amides is 2. The summed E-state index contributed by atoms with van der Waals surface area (Å²) >= 11 is 12.7. The average molecular weight is 859 g/mol. The molecule has 3 aromatic rings. The molecule has 16 heteroatoms. The molecule has 0 bridgehead atoms. The first-order valence-corrected chi connectivity index (χ1v) is 20.2. The molecule has 2 amide bonds. The SMILES string of the molecule is CCN(CCCCO)C(=O)CO[C@H]1Cc2ccccc2C12CCN(CC[C@]1(c3ccc(Cl)c(Cl)c3)CN(C(=O)c3cc(C(F)(F)F)cc(C(F)(F)F)c3)CCO1)CC2. The summed E-state index contributed by atoms with van der Waals surface area (Å²) in [6, 6.07) is 14.0. The van der Waals surface area contributed by atoms with Crippen molar-refractivity contribution < 1.29 is 50.5 Å². The van der Waals surface area contributed by atoms with Crippen LogP contribution in [0.4, 0.5) is 26.3 Å². The second-order valence-electron chi connectivity index (χ2n) is 15.3. The maximum Gasteiger partial charge on any atom is 0.416 e. The minimum absolute atomic E-state index is 0.000658. The van der Waals surface area contributed by atoms with Crippen LogP contribution >= 0.6 is 23.2 Å². The van der Waals surface area contributed by atoms with E-state index in [1.54, 1.807) is 23.1 Å². The summed E-state index contributed by atoms with van der Waals surface area (Å²) < 4.78 is 95.2. The highest BCUT2D eigenvalue weighted by molar-refractivity contribution is 6.42. The van der Waals surface area contributed by atoms with Crippen LogP contribution in [0.2, 0.25) is 10.0 Å². The monoisotopic (exact) mass is 857 g/mol. The number of ether oxygens (including phenoxy) is 2. The van der Waals surface area contributed by atoms with Crippen LogP contribution in [0, 0.1) is 0 Å². The number of aliphatic hydroxyl groups excluding tert-OH is 1. The molecule has 3 aromatic carbocycles. The predicted octanol–water partition coefficient (Wildman–Crippen LogP) is 8.39. The van der Waals surface area contributed by atoms with Crippen molar-refractivity contribution in [3.63, 3.8) is 0 Å². The number of hydrogen-bond acceptors (Lipinski definition) is 6. The van der Waals surface area contributed by atoms with Gasteiger partial charge in [0.25, 0.3) is 5.91 Å². The molecule has 0 radical (unpaired) electrons. The summed E-state index contributed by atoms with van der Waals surface area (Å²) in [7, 11) is 0. The predicted molar refractivity (Wildman–Crippen MR) is 207 cm³/mol. The average Bonchev–Trinajstić information content (AvgIpc) is 3.50. The number of carbonyl (C=O) groups is 2. The smallest absolute Gasteiger partial charge is 0.396 e. The minimum Gasteiger partial charge on any atom is -0.396 e. The zero-order chi connectivity index (χ0) is 41.9. The number of likely N-dealkylation sites (N-methyl/N-ethyl adjacent to an activating group) is 1. The number of unbranched alkanes of at least 4 members (excludes halogenated alkanes) is 1. The fourth-order valence-electron chi connectivity index (χ4n) is 8.68. The summed E-state index contributed by atoms with van der Waals surface area (Å²) in [5.41, 5.74) is -2.46. The topological polar surface area (TPSA) is 82.5 Å². The van der Waals surface area contributed by atoms with Crippen molar-refractivity contribution in [2.75, 3.05) is 65.6 Å². The molecule has 0 aromatic heterocycles. The molecule has 2 fully saturated rings. The van der Waals surface area contributed by atoms with Gasteiger partial charge in [0.15, 0.2) is 0 Å². The van der Waals surface area contributed by atoms with Crippen LogP contribution in [-0.2, 0) is 44.1 Å². The van der Waals surface area contributed by atoms with Crippen LogP contribution in [0.15, 0.2) is 60.7 Å². The zero-order valence-corrected chi connectivity index (χ0v) is 33.6. The van der Waals surface area contributed by atoms with Crippen molar-refractivity contribution >= 4 is 35.0 Å². The van der Waals surface area contributed by atoms with Gasteiger partial charge in [0.1, 0.15) is 12.2 Å². The van der Waals surface area contributed by atoms with Gasteiger partial charge in [0.05, 0.1) is 40.4 Å². The van der Waals surface area contributed by atoms with Gasteiger partial charge in [-0.2, -0.15) is 26.3 Å². The van der Waals surface area contributed by atoms with Crippen molar-refractivity contribution in [1.29, 1.82) is 0 Å². The molecule has 8 nitrogen and oxygen atoms in total. The second-order valence-corrected chi connectivity index (χ2v) is 16.1. The Morgan fingerprint density at radius 3 is 2.26 bits per heavy atom. The Labute approximate surface area is 344 Å². The number of rotatable bonds is 13. The lowest BCUT2D eigenvalue weighted by Crippen LogP contribution is -2.54. The standard InChI is InChI=1S/C42H47Cl2F6N3O5/c1-2-52(14-5-6-19-54)37(55)26-57-36-23-28-7-3-4-8-33(28)39(36)11-15-51(16-12-39)17-13-40(30-9-10-34(43)35(44)25-30)27-53(18-20-58-40)38(56)29-21-31(41(45,46)47)24-32(22-29)42(48,49)50/h3-4,7-10,21-22,24-25,36,54H,2,5-6,11-20,23,26-27H2,1H3/t36-,40+/m0/s1. The lowest BCUT2D eigenvalue weighted by molar-refractivity contribution is -0.143. The zero-order valence-electron chi connectivity index (χ0n) is 32.1. The van der Waals surface area contributed by atoms with Crippen molar-refractivity contribution in [3.8, 4) is 0 Å². The highest BCUT2D eigenvalue weighted by atomic mass is 35.5. The molecule has 1 N–H and O–H groups in total. The normalized spacial score (nSPS) is 21.0. The highest BCUT2D eigenvalue weighted by Gasteiger charge is 2.50. The quantitative estimate of drug-likeness (QED) is 0.138. The van der Waals surface area contributed by atoms with Gasteiger partial charge in [0, 0.05) is 43.8 Å². The van der Waals surface area contributed by atoms with Crippen LogP contribution in [0.3, 0.4) is 0 Å². The van der Waals surface area contributed by atoms with E-state index in [4.69, 9.17) is 32.7 Å². The molecule has 1 spiro atoms. The maximum atomic E-state index is 13.8. The number of aliphatic hydroxyl groups is 1. The number of alkyl halides is 6. The Bertz CT molecular complexity index is 1910. The van der Waals surface area contributed by atoms with Crippen LogP contribution in [0.1, 0.15) is 77.2 Å². The summed E-state index contributed by atoms with van der Waals surface area (Å²) in [5.74, 6) is -1.08. The van der Waals surface area contributed by atoms with Gasteiger partial charge in [-0.15, -0.1) is 0 Å². The van der Waals surface area contributed by atoms with E-state index < -0.39 is 40.6 Å². The molecule has 316 valence electrons. The van der Waals surface area contributed by atoms with Crippen molar-refractivity contribution in [1.82, 2.24) is 14.7 Å². The summed E-state index contributed by atoms with van der Waals surface area (Å²) in [6.45, 7) is 4.58. The number of likely N-dealkylation sites (tertiary alicyclic amines) is 1. The van der Waals surface area contributed by atoms with Gasteiger partial charge in [-0.25, -0.2) is 0 Å². The first-order chi connectivity index (χ1) is 27.5. The summed E-state index contributed by atoms with van der Waals surface area (Å²) in [5, 5.41) is 9.66. The van der Waals surface area contributed by atoms with Gasteiger partial charge in [-0.1, -0.05) is 53.5 Å². The van der Waals surface area contributed by atoms with Gasteiger partial charge >= 0.3 is 12.4 Å². The third-order valence-electron chi connectivity index (χ3n) is 11.9. The number of fused-ring (bicyclic) bond motifs is 2. The molecule has 3 aliphatic rings. The molecule has 2 atom stereocenters. The van der Waals surface area contributed by atoms with Crippen molar-refractivity contribution in [3.05, 3.63) is 104 Å². The molecule has 1 aliphatic carbocycles. The fourth-order valence-corrected chi connectivity index (χ4v) is 8.98. The number of hydrogen-bond donors (Lipinski definition) is 1. The summed E-state index contributed by atoms with van der Waals surface area (Å²) in [6.07, 6.45) is -6.66. The van der Waals surface area contributed by atoms with Gasteiger partial charge in [-0.05, 0) is 106 Å². The molecule has 0 saturated carbocycles. The molecular formula is C42H47Cl2F6N3O5.